The Morgan fingerprint density at radius 1 is 1.43 bits per heavy atom. The first-order chi connectivity index (χ1) is 6.72. The lowest BCUT2D eigenvalue weighted by atomic mass is 10.2. The number of anilines is 1. The summed E-state index contributed by atoms with van der Waals surface area (Å²) >= 11 is 0. The van der Waals surface area contributed by atoms with E-state index in [1.54, 1.807) is 18.2 Å². The van der Waals surface area contributed by atoms with Gasteiger partial charge in [0.1, 0.15) is 0 Å². The standard InChI is InChI=1S/C11H10N2O/c1-9(14)13-11-6-4-10(5-7-11)3-2-8-12/h2-7H,1H3,(H,13,14)/b3-2+. The number of amides is 1. The Kier molecular flexibility index (Phi) is 3.45. The third-order valence-electron chi connectivity index (χ3n) is 1.58. The van der Waals surface area contributed by atoms with E-state index in [2.05, 4.69) is 5.32 Å². The van der Waals surface area contributed by atoms with Crippen LogP contribution in [0.3, 0.4) is 0 Å². The third-order valence-corrected chi connectivity index (χ3v) is 1.58. The summed E-state index contributed by atoms with van der Waals surface area (Å²) in [5.41, 5.74) is 1.69. The van der Waals surface area contributed by atoms with Gasteiger partial charge in [0, 0.05) is 18.7 Å². The zero-order valence-electron chi connectivity index (χ0n) is 7.82. The van der Waals surface area contributed by atoms with Crippen molar-refractivity contribution in [2.45, 2.75) is 6.92 Å². The highest BCUT2D eigenvalue weighted by molar-refractivity contribution is 5.88. The van der Waals surface area contributed by atoms with Gasteiger partial charge in [-0.15, -0.1) is 0 Å². The summed E-state index contributed by atoms with van der Waals surface area (Å²) < 4.78 is 0. The van der Waals surface area contributed by atoms with Crippen molar-refractivity contribution in [2.24, 2.45) is 0 Å². The zero-order chi connectivity index (χ0) is 10.4. The molecule has 14 heavy (non-hydrogen) atoms. The highest BCUT2D eigenvalue weighted by Gasteiger charge is 1.93. The van der Waals surface area contributed by atoms with E-state index in [4.69, 9.17) is 5.26 Å². The molecule has 0 aliphatic rings. The lowest BCUT2D eigenvalue weighted by Crippen LogP contribution is -2.05. The molecule has 3 nitrogen and oxygen atoms in total. The third kappa shape index (κ3) is 3.11. The Morgan fingerprint density at radius 2 is 2.07 bits per heavy atom. The molecule has 0 spiro atoms. The van der Waals surface area contributed by atoms with E-state index in [0.29, 0.717) is 0 Å². The molecule has 0 aromatic heterocycles. The van der Waals surface area contributed by atoms with Gasteiger partial charge in [-0.2, -0.15) is 5.26 Å². The predicted molar refractivity (Wildman–Crippen MR) is 55.4 cm³/mol. The molecule has 0 unspecified atom stereocenters. The highest BCUT2D eigenvalue weighted by Crippen LogP contribution is 2.10. The summed E-state index contributed by atoms with van der Waals surface area (Å²) in [6.07, 6.45) is 3.12. The van der Waals surface area contributed by atoms with Crippen LogP contribution in [0.1, 0.15) is 12.5 Å². The molecule has 1 N–H and O–H groups in total. The van der Waals surface area contributed by atoms with Crippen LogP contribution in [0.2, 0.25) is 0 Å². The molecular formula is C11H10N2O. The van der Waals surface area contributed by atoms with Crippen molar-refractivity contribution < 1.29 is 4.79 Å². The number of carbonyl (C=O) groups excluding carboxylic acids is 1. The van der Waals surface area contributed by atoms with Crippen molar-refractivity contribution in [1.82, 2.24) is 0 Å². The fraction of sp³-hybridized carbons (Fsp3) is 0.0909. The predicted octanol–water partition coefficient (Wildman–Crippen LogP) is 2.18. The van der Waals surface area contributed by atoms with Gasteiger partial charge in [0.25, 0.3) is 0 Å². The molecule has 0 aliphatic carbocycles. The number of rotatable bonds is 2. The maximum atomic E-state index is 10.7. The molecule has 1 aromatic rings. The summed E-state index contributed by atoms with van der Waals surface area (Å²) in [5.74, 6) is -0.0923. The normalized spacial score (nSPS) is 9.71. The van der Waals surface area contributed by atoms with Crippen molar-refractivity contribution in [3.05, 3.63) is 35.9 Å². The van der Waals surface area contributed by atoms with Crippen LogP contribution in [0.5, 0.6) is 0 Å². The van der Waals surface area contributed by atoms with Gasteiger partial charge in [0.05, 0.1) is 6.07 Å². The van der Waals surface area contributed by atoms with Crippen LogP contribution in [0.4, 0.5) is 5.69 Å². The van der Waals surface area contributed by atoms with E-state index in [1.165, 1.54) is 13.0 Å². The zero-order valence-corrected chi connectivity index (χ0v) is 7.82. The molecule has 0 aliphatic heterocycles. The number of carbonyl (C=O) groups is 1. The second-order valence-electron chi connectivity index (χ2n) is 2.77. The van der Waals surface area contributed by atoms with E-state index in [0.717, 1.165) is 11.3 Å². The van der Waals surface area contributed by atoms with Gasteiger partial charge in [-0.1, -0.05) is 12.1 Å². The average Bonchev–Trinajstić information content (AvgIpc) is 2.16. The molecule has 1 aromatic carbocycles. The van der Waals surface area contributed by atoms with Gasteiger partial charge < -0.3 is 5.32 Å². The lowest BCUT2D eigenvalue weighted by Gasteiger charge is -2.01. The fourth-order valence-electron chi connectivity index (χ4n) is 1.01. The van der Waals surface area contributed by atoms with Gasteiger partial charge >= 0.3 is 0 Å². The maximum absolute atomic E-state index is 10.7. The fourth-order valence-corrected chi connectivity index (χ4v) is 1.01. The van der Waals surface area contributed by atoms with Crippen LogP contribution in [-0.2, 0) is 4.79 Å². The van der Waals surface area contributed by atoms with Gasteiger partial charge in [-0.3, -0.25) is 4.79 Å². The summed E-state index contributed by atoms with van der Waals surface area (Å²) in [5, 5.41) is 11.0. The molecule has 1 amide bonds. The van der Waals surface area contributed by atoms with Crippen molar-refractivity contribution in [1.29, 1.82) is 5.26 Å². The second kappa shape index (κ2) is 4.83. The SMILES string of the molecule is CC(=O)Nc1ccc(/C=C/C#N)cc1. The molecule has 70 valence electrons. The number of allylic oxidation sites excluding steroid dienone is 1. The Labute approximate surface area is 82.7 Å². The van der Waals surface area contributed by atoms with Crippen LogP contribution in [0.15, 0.2) is 30.3 Å². The first-order valence-corrected chi connectivity index (χ1v) is 4.16. The van der Waals surface area contributed by atoms with E-state index in [-0.39, 0.29) is 5.91 Å². The summed E-state index contributed by atoms with van der Waals surface area (Å²) in [6.45, 7) is 1.46. The van der Waals surface area contributed by atoms with Gasteiger partial charge in [-0.25, -0.2) is 0 Å². The minimum Gasteiger partial charge on any atom is -0.326 e. The average molecular weight is 186 g/mol. The summed E-state index contributed by atoms with van der Waals surface area (Å²) in [4.78, 5) is 10.7. The molecule has 3 heteroatoms. The smallest absolute Gasteiger partial charge is 0.221 e. The topological polar surface area (TPSA) is 52.9 Å². The molecule has 0 atom stereocenters. The van der Waals surface area contributed by atoms with Crippen molar-refractivity contribution in [3.63, 3.8) is 0 Å². The highest BCUT2D eigenvalue weighted by atomic mass is 16.1. The molecule has 0 bridgehead atoms. The molecule has 0 saturated carbocycles. The Hall–Kier alpha value is -2.08. The first kappa shape index (κ1) is 10.0. The Morgan fingerprint density at radius 3 is 2.57 bits per heavy atom. The van der Waals surface area contributed by atoms with Crippen molar-refractivity contribution in [3.8, 4) is 6.07 Å². The number of hydrogen-bond acceptors (Lipinski definition) is 2. The number of nitrogens with one attached hydrogen (secondary N) is 1. The van der Waals surface area contributed by atoms with E-state index in [1.807, 2.05) is 18.2 Å². The van der Waals surface area contributed by atoms with Crippen LogP contribution in [0.25, 0.3) is 6.08 Å². The largest absolute Gasteiger partial charge is 0.326 e. The van der Waals surface area contributed by atoms with E-state index < -0.39 is 0 Å². The van der Waals surface area contributed by atoms with E-state index >= 15 is 0 Å². The van der Waals surface area contributed by atoms with Crippen LogP contribution in [-0.4, -0.2) is 5.91 Å². The molecule has 1 rings (SSSR count). The minimum absolute atomic E-state index is 0.0923. The molecule has 0 fully saturated rings. The first-order valence-electron chi connectivity index (χ1n) is 4.16. The minimum atomic E-state index is -0.0923. The van der Waals surface area contributed by atoms with Gasteiger partial charge in [-0.05, 0) is 23.8 Å². The van der Waals surface area contributed by atoms with Crippen LogP contribution in [0, 0.1) is 11.3 Å². The Balaban J connectivity index is 2.74. The second-order valence-corrected chi connectivity index (χ2v) is 2.77. The maximum Gasteiger partial charge on any atom is 0.221 e. The Bertz CT molecular complexity index is 385. The van der Waals surface area contributed by atoms with Crippen LogP contribution >= 0.6 is 0 Å². The monoisotopic (exact) mass is 186 g/mol. The van der Waals surface area contributed by atoms with Crippen molar-refractivity contribution >= 4 is 17.7 Å². The summed E-state index contributed by atoms with van der Waals surface area (Å²) in [6, 6.07) is 9.16. The number of nitriles is 1. The number of nitrogens with zero attached hydrogens (tertiary/aromatic N) is 1. The summed E-state index contributed by atoms with van der Waals surface area (Å²) in [7, 11) is 0. The number of hydrogen-bond donors (Lipinski definition) is 1. The van der Waals surface area contributed by atoms with Gasteiger partial charge in [0.2, 0.25) is 5.91 Å². The molecular weight excluding hydrogens is 176 g/mol. The molecule has 0 radical (unpaired) electrons. The van der Waals surface area contributed by atoms with Crippen LogP contribution < -0.4 is 5.32 Å². The van der Waals surface area contributed by atoms with Crippen molar-refractivity contribution in [2.75, 3.05) is 5.32 Å². The lowest BCUT2D eigenvalue weighted by molar-refractivity contribution is -0.114. The molecule has 0 heterocycles. The number of benzene rings is 1. The van der Waals surface area contributed by atoms with E-state index in [9.17, 15) is 4.79 Å². The quantitative estimate of drug-likeness (QED) is 0.719. The van der Waals surface area contributed by atoms with Gasteiger partial charge in [0.15, 0.2) is 0 Å². The molecule has 0 saturated heterocycles.